The summed E-state index contributed by atoms with van der Waals surface area (Å²) in [7, 11) is -1.84. The fourth-order valence-corrected chi connectivity index (χ4v) is 6.57. The van der Waals surface area contributed by atoms with Gasteiger partial charge in [-0.25, -0.2) is 0 Å². The Labute approximate surface area is 144 Å². The van der Waals surface area contributed by atoms with Crippen LogP contribution in [0, 0.1) is 11.8 Å². The zero-order valence-electron chi connectivity index (χ0n) is 16.4. The van der Waals surface area contributed by atoms with Crippen LogP contribution >= 0.6 is 0 Å². The Kier molecular flexibility index (Phi) is 10.2. The maximum absolute atomic E-state index is 11.9. The molecule has 0 spiro atoms. The molecule has 3 atom stereocenters. The highest BCUT2D eigenvalue weighted by atomic mass is 28.4. The quantitative estimate of drug-likeness (QED) is 0.426. The molecule has 0 rings (SSSR count). The fraction of sp³-hybridized carbons (Fsp3) is 0.842. The summed E-state index contributed by atoms with van der Waals surface area (Å²) in [5.41, 5.74) is 0.534. The van der Waals surface area contributed by atoms with E-state index in [1.807, 2.05) is 39.8 Å². The molecule has 0 radical (unpaired) electrons. The second-order valence-electron chi connectivity index (χ2n) is 7.29. The highest BCUT2D eigenvalue weighted by Crippen LogP contribution is 2.33. The van der Waals surface area contributed by atoms with E-state index in [0.717, 1.165) is 12.1 Å². The zero-order valence-corrected chi connectivity index (χ0v) is 17.4. The van der Waals surface area contributed by atoms with Crippen molar-refractivity contribution in [2.75, 3.05) is 0 Å². The molecule has 0 saturated heterocycles. The Morgan fingerprint density at radius 2 is 1.65 bits per heavy atom. The lowest BCUT2D eigenvalue weighted by Crippen LogP contribution is -2.46. The van der Waals surface area contributed by atoms with E-state index in [-0.39, 0.29) is 30.1 Å². The Morgan fingerprint density at radius 1 is 1.13 bits per heavy atom. The molecule has 0 heterocycles. The minimum absolute atomic E-state index is 0.0339. The van der Waals surface area contributed by atoms with Gasteiger partial charge in [0.25, 0.3) is 0 Å². The minimum atomic E-state index is -1.84. The molecule has 0 unspecified atom stereocenters. The number of aliphatic hydroxyl groups is 1. The number of carbonyl (C=O) groups excluding carboxylic acids is 1. The average molecular weight is 343 g/mol. The zero-order chi connectivity index (χ0) is 18.2. The van der Waals surface area contributed by atoms with Gasteiger partial charge in [-0.05, 0) is 24.6 Å². The number of Topliss-reactive ketones (excluding diaryl/α,β-unsaturated/α-hetero) is 1. The molecule has 4 heteroatoms. The van der Waals surface area contributed by atoms with Crippen molar-refractivity contribution < 1.29 is 14.3 Å². The summed E-state index contributed by atoms with van der Waals surface area (Å²) in [6, 6.07) is 2.14. The molecular weight excluding hydrogens is 304 g/mol. The van der Waals surface area contributed by atoms with Crippen LogP contribution < -0.4 is 0 Å². The van der Waals surface area contributed by atoms with Crippen LogP contribution in [0.1, 0.15) is 61.8 Å². The van der Waals surface area contributed by atoms with E-state index in [0.29, 0.717) is 5.54 Å². The van der Waals surface area contributed by atoms with Crippen LogP contribution in [0.15, 0.2) is 12.2 Å². The molecular formula is C19H38O3Si. The van der Waals surface area contributed by atoms with Crippen LogP contribution in [0.5, 0.6) is 0 Å². The van der Waals surface area contributed by atoms with E-state index in [9.17, 15) is 9.90 Å². The minimum Gasteiger partial charge on any atom is -0.410 e. The SMILES string of the molecule is C/C=C/[C@@H](O[Si](CC)(CC)C(C)C)[C@@H](C)[C@H](O)CC(=O)C(C)C. The topological polar surface area (TPSA) is 46.5 Å². The van der Waals surface area contributed by atoms with E-state index in [2.05, 4.69) is 27.7 Å². The third kappa shape index (κ3) is 6.52. The van der Waals surface area contributed by atoms with Crippen molar-refractivity contribution in [1.29, 1.82) is 0 Å². The summed E-state index contributed by atoms with van der Waals surface area (Å²) in [6.07, 6.45) is 3.47. The first-order chi connectivity index (χ1) is 10.6. The summed E-state index contributed by atoms with van der Waals surface area (Å²) in [4.78, 5) is 11.9. The van der Waals surface area contributed by atoms with Crippen LogP contribution in [0.2, 0.25) is 17.6 Å². The molecule has 0 saturated carbocycles. The van der Waals surface area contributed by atoms with Crippen LogP contribution in [-0.2, 0) is 9.22 Å². The van der Waals surface area contributed by atoms with Crippen molar-refractivity contribution in [3.63, 3.8) is 0 Å². The number of aliphatic hydroxyl groups excluding tert-OH is 1. The number of rotatable bonds is 11. The van der Waals surface area contributed by atoms with Gasteiger partial charge in [-0.1, -0.05) is 60.6 Å². The average Bonchev–Trinajstić information content (AvgIpc) is 2.50. The van der Waals surface area contributed by atoms with Crippen molar-refractivity contribution in [3.8, 4) is 0 Å². The first-order valence-corrected chi connectivity index (χ1v) is 11.6. The van der Waals surface area contributed by atoms with Crippen LogP contribution in [0.3, 0.4) is 0 Å². The molecule has 0 aliphatic carbocycles. The van der Waals surface area contributed by atoms with Gasteiger partial charge in [-0.3, -0.25) is 4.79 Å². The second kappa shape index (κ2) is 10.4. The highest BCUT2D eigenvalue weighted by Gasteiger charge is 2.39. The van der Waals surface area contributed by atoms with E-state index in [1.165, 1.54) is 0 Å². The maximum atomic E-state index is 11.9. The standard InChI is InChI=1S/C19H38O3Si/c1-9-12-19(22-23(10-2,11-3)15(6)7)16(8)18(21)13-17(20)14(4)5/h9,12,14-16,18-19,21H,10-11,13H2,1-8H3/b12-9+/t16-,18+,19+/m0/s1. The fourth-order valence-electron chi connectivity index (χ4n) is 3.00. The van der Waals surface area contributed by atoms with Crippen molar-refractivity contribution in [2.24, 2.45) is 11.8 Å². The van der Waals surface area contributed by atoms with Crippen molar-refractivity contribution >= 4 is 14.1 Å². The van der Waals surface area contributed by atoms with Gasteiger partial charge in [0.05, 0.1) is 12.2 Å². The molecule has 0 amide bonds. The number of allylic oxidation sites excluding steroid dienone is 1. The first-order valence-electron chi connectivity index (χ1n) is 9.16. The van der Waals surface area contributed by atoms with Gasteiger partial charge in [-0.15, -0.1) is 0 Å². The van der Waals surface area contributed by atoms with Gasteiger partial charge in [0, 0.05) is 18.3 Å². The summed E-state index contributed by atoms with van der Waals surface area (Å²) in [5, 5.41) is 10.5. The van der Waals surface area contributed by atoms with Gasteiger partial charge in [0.1, 0.15) is 5.78 Å². The van der Waals surface area contributed by atoms with E-state index >= 15 is 0 Å². The second-order valence-corrected chi connectivity index (χ2v) is 12.2. The molecule has 0 aromatic heterocycles. The molecule has 0 bridgehead atoms. The van der Waals surface area contributed by atoms with Crippen molar-refractivity contribution in [2.45, 2.75) is 91.6 Å². The predicted molar refractivity (Wildman–Crippen MR) is 101 cm³/mol. The molecule has 1 N–H and O–H groups in total. The van der Waals surface area contributed by atoms with Crippen LogP contribution in [-0.4, -0.2) is 31.4 Å². The third-order valence-corrected chi connectivity index (χ3v) is 10.4. The lowest BCUT2D eigenvalue weighted by molar-refractivity contribution is -0.124. The van der Waals surface area contributed by atoms with Gasteiger partial charge in [0.15, 0.2) is 8.32 Å². The summed E-state index contributed by atoms with van der Waals surface area (Å²) < 4.78 is 6.64. The Morgan fingerprint density at radius 3 is 2.00 bits per heavy atom. The normalized spacial score (nSPS) is 17.0. The number of ketones is 1. The smallest absolute Gasteiger partial charge is 0.195 e. The summed E-state index contributed by atoms with van der Waals surface area (Å²) in [6.45, 7) is 16.6. The summed E-state index contributed by atoms with van der Waals surface area (Å²) in [5.74, 6) is -0.00657. The maximum Gasteiger partial charge on any atom is 0.195 e. The molecule has 0 fully saturated rings. The van der Waals surface area contributed by atoms with Crippen LogP contribution in [0.4, 0.5) is 0 Å². The van der Waals surface area contributed by atoms with Gasteiger partial charge in [-0.2, -0.15) is 0 Å². The van der Waals surface area contributed by atoms with Crippen molar-refractivity contribution in [1.82, 2.24) is 0 Å². The molecule has 3 nitrogen and oxygen atoms in total. The molecule has 0 aromatic rings. The van der Waals surface area contributed by atoms with E-state index < -0.39 is 14.4 Å². The number of hydrogen-bond acceptors (Lipinski definition) is 3. The molecule has 0 aliphatic heterocycles. The summed E-state index contributed by atoms with van der Waals surface area (Å²) >= 11 is 0. The third-order valence-electron chi connectivity index (χ3n) is 5.18. The van der Waals surface area contributed by atoms with E-state index in [1.54, 1.807) is 0 Å². The molecule has 23 heavy (non-hydrogen) atoms. The van der Waals surface area contributed by atoms with Crippen molar-refractivity contribution in [3.05, 3.63) is 12.2 Å². The molecule has 0 aliphatic rings. The monoisotopic (exact) mass is 342 g/mol. The Hall–Kier alpha value is -0.453. The Bertz CT molecular complexity index is 373. The van der Waals surface area contributed by atoms with Crippen LogP contribution in [0.25, 0.3) is 0 Å². The number of carbonyl (C=O) groups is 1. The van der Waals surface area contributed by atoms with Gasteiger partial charge < -0.3 is 9.53 Å². The van der Waals surface area contributed by atoms with Gasteiger partial charge in [0.2, 0.25) is 0 Å². The Balaban J connectivity index is 5.19. The van der Waals surface area contributed by atoms with E-state index in [4.69, 9.17) is 4.43 Å². The molecule has 136 valence electrons. The first kappa shape index (κ1) is 22.5. The molecule has 0 aromatic carbocycles. The lowest BCUT2D eigenvalue weighted by Gasteiger charge is -2.39. The number of hydrogen-bond donors (Lipinski definition) is 1. The largest absolute Gasteiger partial charge is 0.410 e. The highest BCUT2D eigenvalue weighted by molar-refractivity contribution is 6.75. The predicted octanol–water partition coefficient (Wildman–Crippen LogP) is 4.96. The van der Waals surface area contributed by atoms with Gasteiger partial charge >= 0.3 is 0 Å². The lowest BCUT2D eigenvalue weighted by atomic mass is 9.91.